The SMILES string of the molecule is COc1cccc(CN(C(=O)CN(c2cc(C)cc(C)c2)S(C)(=O)=O)[C@H](Cc2ccccc2)C(=O)NC2CCCCC2)c1. The summed E-state index contributed by atoms with van der Waals surface area (Å²) in [5, 5.41) is 3.22. The van der Waals surface area contributed by atoms with Gasteiger partial charge in [-0.3, -0.25) is 13.9 Å². The fraction of sp³-hybridized carbons (Fsp3) is 0.412. The Kier molecular flexibility index (Phi) is 10.9. The Morgan fingerprint density at radius 1 is 0.907 bits per heavy atom. The number of carbonyl (C=O) groups is 2. The monoisotopic (exact) mass is 605 g/mol. The molecule has 1 aliphatic carbocycles. The van der Waals surface area contributed by atoms with Crippen LogP contribution in [0.1, 0.15) is 54.4 Å². The zero-order valence-corrected chi connectivity index (χ0v) is 26.4. The number of aryl methyl sites for hydroxylation is 2. The fourth-order valence-corrected chi connectivity index (χ4v) is 6.61. The molecule has 0 saturated heterocycles. The molecule has 0 aliphatic heterocycles. The number of hydrogen-bond donors (Lipinski definition) is 1. The highest BCUT2D eigenvalue weighted by molar-refractivity contribution is 7.92. The summed E-state index contributed by atoms with van der Waals surface area (Å²) in [6.45, 7) is 3.45. The molecule has 0 unspecified atom stereocenters. The lowest BCUT2D eigenvalue weighted by molar-refractivity contribution is -0.140. The van der Waals surface area contributed by atoms with Crippen molar-refractivity contribution in [3.05, 3.63) is 95.1 Å². The van der Waals surface area contributed by atoms with Gasteiger partial charge in [0.05, 0.1) is 19.1 Å². The molecule has 0 radical (unpaired) electrons. The Balaban J connectivity index is 1.74. The van der Waals surface area contributed by atoms with Crippen molar-refractivity contribution in [2.24, 2.45) is 0 Å². The Labute approximate surface area is 256 Å². The van der Waals surface area contributed by atoms with E-state index in [-0.39, 0.29) is 24.9 Å². The second-order valence-electron chi connectivity index (χ2n) is 11.5. The molecule has 0 bridgehead atoms. The van der Waals surface area contributed by atoms with Gasteiger partial charge in [0.1, 0.15) is 18.3 Å². The van der Waals surface area contributed by atoms with Crippen molar-refractivity contribution in [2.45, 2.75) is 71.0 Å². The van der Waals surface area contributed by atoms with E-state index in [0.29, 0.717) is 11.4 Å². The first kappa shape index (κ1) is 32.1. The third kappa shape index (κ3) is 9.07. The molecule has 0 spiro atoms. The number of nitrogens with one attached hydrogen (secondary N) is 1. The van der Waals surface area contributed by atoms with Crippen LogP contribution in [0.5, 0.6) is 5.75 Å². The number of methoxy groups -OCH3 is 1. The van der Waals surface area contributed by atoms with Crippen molar-refractivity contribution in [2.75, 3.05) is 24.2 Å². The van der Waals surface area contributed by atoms with Crippen LogP contribution < -0.4 is 14.4 Å². The van der Waals surface area contributed by atoms with Crippen LogP contribution >= 0.6 is 0 Å². The lowest BCUT2D eigenvalue weighted by Crippen LogP contribution is -2.55. The smallest absolute Gasteiger partial charge is 0.244 e. The summed E-state index contributed by atoms with van der Waals surface area (Å²) in [4.78, 5) is 29.9. The summed E-state index contributed by atoms with van der Waals surface area (Å²) in [5.41, 5.74) is 3.87. The molecule has 1 atom stereocenters. The first-order chi connectivity index (χ1) is 20.5. The van der Waals surface area contributed by atoms with E-state index >= 15 is 0 Å². The minimum Gasteiger partial charge on any atom is -0.497 e. The van der Waals surface area contributed by atoms with Gasteiger partial charge in [0.25, 0.3) is 0 Å². The molecule has 0 aromatic heterocycles. The Hall–Kier alpha value is -3.85. The van der Waals surface area contributed by atoms with Gasteiger partial charge in [-0.25, -0.2) is 8.42 Å². The number of nitrogens with zero attached hydrogens (tertiary/aromatic N) is 2. The van der Waals surface area contributed by atoms with E-state index < -0.39 is 28.5 Å². The van der Waals surface area contributed by atoms with Crippen molar-refractivity contribution in [3.63, 3.8) is 0 Å². The Morgan fingerprint density at radius 2 is 1.56 bits per heavy atom. The van der Waals surface area contributed by atoms with Gasteiger partial charge in [0, 0.05) is 19.0 Å². The molecule has 8 nitrogen and oxygen atoms in total. The van der Waals surface area contributed by atoms with Crippen LogP contribution in [0.3, 0.4) is 0 Å². The van der Waals surface area contributed by atoms with E-state index in [0.717, 1.165) is 64.9 Å². The molecule has 2 amide bonds. The van der Waals surface area contributed by atoms with Crippen LogP contribution in [0, 0.1) is 13.8 Å². The highest BCUT2D eigenvalue weighted by Crippen LogP contribution is 2.24. The molecular formula is C34H43N3O5S. The van der Waals surface area contributed by atoms with Crippen molar-refractivity contribution in [1.29, 1.82) is 0 Å². The minimum atomic E-state index is -3.83. The van der Waals surface area contributed by atoms with Crippen LogP contribution in [-0.4, -0.2) is 57.1 Å². The molecule has 3 aromatic rings. The molecule has 3 aromatic carbocycles. The molecular weight excluding hydrogens is 562 g/mol. The molecule has 9 heteroatoms. The molecule has 1 saturated carbocycles. The average molecular weight is 606 g/mol. The summed E-state index contributed by atoms with van der Waals surface area (Å²) in [5.74, 6) is -0.0689. The van der Waals surface area contributed by atoms with Gasteiger partial charge in [-0.15, -0.1) is 0 Å². The quantitative estimate of drug-likeness (QED) is 0.308. The average Bonchev–Trinajstić information content (AvgIpc) is 2.97. The molecule has 1 N–H and O–H groups in total. The lowest BCUT2D eigenvalue weighted by Gasteiger charge is -2.35. The maximum Gasteiger partial charge on any atom is 0.244 e. The Bertz CT molecular complexity index is 1480. The number of rotatable bonds is 12. The van der Waals surface area contributed by atoms with Gasteiger partial charge in [-0.05, 0) is 73.2 Å². The topological polar surface area (TPSA) is 96.0 Å². The maximum atomic E-state index is 14.3. The number of carbonyl (C=O) groups excluding carboxylic acids is 2. The van der Waals surface area contributed by atoms with Crippen LogP contribution in [0.4, 0.5) is 5.69 Å². The number of ether oxygens (including phenoxy) is 1. The van der Waals surface area contributed by atoms with Crippen LogP contribution in [0.15, 0.2) is 72.8 Å². The maximum absolute atomic E-state index is 14.3. The van der Waals surface area contributed by atoms with Gasteiger partial charge in [0.2, 0.25) is 21.8 Å². The van der Waals surface area contributed by atoms with Gasteiger partial charge >= 0.3 is 0 Å². The summed E-state index contributed by atoms with van der Waals surface area (Å²) >= 11 is 0. The molecule has 1 aliphatic rings. The lowest BCUT2D eigenvalue weighted by atomic mass is 9.94. The zero-order valence-electron chi connectivity index (χ0n) is 25.6. The summed E-state index contributed by atoms with van der Waals surface area (Å²) < 4.78 is 32.7. The standard InChI is InChI=1S/C34H43N3O5S/c1-25-18-26(2)20-30(19-25)37(43(4,40)41)24-33(38)36(23-28-14-11-17-31(21-28)42-3)32(22-27-12-7-5-8-13-27)34(39)35-29-15-9-6-10-16-29/h5,7-8,11-14,17-21,29,32H,6,9-10,15-16,22-24H2,1-4H3,(H,35,39)/t32-/m1/s1. The normalized spacial score (nSPS) is 14.5. The van der Waals surface area contributed by atoms with Gasteiger partial charge in [-0.2, -0.15) is 0 Å². The van der Waals surface area contributed by atoms with E-state index in [2.05, 4.69) is 5.32 Å². The third-order valence-corrected chi connectivity index (χ3v) is 9.02. The zero-order chi connectivity index (χ0) is 31.0. The number of amides is 2. The largest absolute Gasteiger partial charge is 0.497 e. The fourth-order valence-electron chi connectivity index (χ4n) is 5.77. The van der Waals surface area contributed by atoms with E-state index in [1.54, 1.807) is 19.2 Å². The van der Waals surface area contributed by atoms with Crippen molar-refractivity contribution >= 4 is 27.5 Å². The first-order valence-corrected chi connectivity index (χ1v) is 16.7. The van der Waals surface area contributed by atoms with Crippen molar-refractivity contribution in [1.82, 2.24) is 10.2 Å². The predicted molar refractivity (Wildman–Crippen MR) is 171 cm³/mol. The molecule has 43 heavy (non-hydrogen) atoms. The highest BCUT2D eigenvalue weighted by atomic mass is 32.2. The Morgan fingerprint density at radius 3 is 2.19 bits per heavy atom. The van der Waals surface area contributed by atoms with E-state index in [1.165, 1.54) is 4.90 Å². The number of benzene rings is 3. The van der Waals surface area contributed by atoms with Gasteiger partial charge in [0.15, 0.2) is 0 Å². The van der Waals surface area contributed by atoms with E-state index in [1.807, 2.05) is 74.5 Å². The number of hydrogen-bond acceptors (Lipinski definition) is 5. The summed E-state index contributed by atoms with van der Waals surface area (Å²) in [6.07, 6.45) is 6.46. The van der Waals surface area contributed by atoms with Crippen LogP contribution in [0.25, 0.3) is 0 Å². The summed E-state index contributed by atoms with van der Waals surface area (Å²) in [6, 6.07) is 21.6. The van der Waals surface area contributed by atoms with E-state index in [9.17, 15) is 18.0 Å². The van der Waals surface area contributed by atoms with Crippen molar-refractivity contribution in [3.8, 4) is 5.75 Å². The molecule has 4 rings (SSSR count). The number of anilines is 1. The second-order valence-corrected chi connectivity index (χ2v) is 13.4. The van der Waals surface area contributed by atoms with Crippen LogP contribution in [0.2, 0.25) is 0 Å². The minimum absolute atomic E-state index is 0.0519. The second kappa shape index (κ2) is 14.6. The van der Waals surface area contributed by atoms with Gasteiger partial charge in [-0.1, -0.05) is 67.8 Å². The molecule has 230 valence electrons. The third-order valence-electron chi connectivity index (χ3n) is 7.88. The van der Waals surface area contributed by atoms with Crippen molar-refractivity contribution < 1.29 is 22.7 Å². The number of sulfonamides is 1. The van der Waals surface area contributed by atoms with Crippen LogP contribution in [-0.2, 0) is 32.6 Å². The highest BCUT2D eigenvalue weighted by Gasteiger charge is 2.34. The molecule has 1 fully saturated rings. The van der Waals surface area contributed by atoms with Gasteiger partial charge < -0.3 is 15.0 Å². The predicted octanol–water partition coefficient (Wildman–Crippen LogP) is 5.17. The molecule has 0 heterocycles. The first-order valence-electron chi connectivity index (χ1n) is 14.9. The van der Waals surface area contributed by atoms with E-state index in [4.69, 9.17) is 4.74 Å². The summed E-state index contributed by atoms with van der Waals surface area (Å²) in [7, 11) is -2.25.